The Kier molecular flexibility index (Phi) is 3.09. The number of halogens is 1. The highest BCUT2D eigenvalue weighted by molar-refractivity contribution is 9.09. The number of hydrogen-bond donors (Lipinski definition) is 0. The molecule has 1 unspecified atom stereocenters. The Balaban J connectivity index is 2.07. The molecule has 0 radical (unpaired) electrons. The number of aromatic nitrogens is 1. The van der Waals surface area contributed by atoms with E-state index in [4.69, 9.17) is 4.52 Å². The van der Waals surface area contributed by atoms with E-state index in [1.807, 2.05) is 4.90 Å². The maximum absolute atomic E-state index is 12.0. The van der Waals surface area contributed by atoms with Gasteiger partial charge in [-0.25, -0.2) is 0 Å². The van der Waals surface area contributed by atoms with Crippen LogP contribution in [-0.4, -0.2) is 34.4 Å². The second-order valence-corrected chi connectivity index (χ2v) is 4.50. The Morgan fingerprint density at radius 1 is 1.80 bits per heavy atom. The molecule has 82 valence electrons. The smallest absolute Gasteiger partial charge is 0.259 e. The lowest BCUT2D eigenvalue weighted by atomic mass is 10.2. The first-order valence-electron chi connectivity index (χ1n) is 4.99. The average molecular weight is 273 g/mol. The first kappa shape index (κ1) is 10.7. The molecule has 1 atom stereocenters. The van der Waals surface area contributed by atoms with Gasteiger partial charge in [0, 0.05) is 18.4 Å². The van der Waals surface area contributed by atoms with E-state index in [2.05, 4.69) is 21.1 Å². The minimum absolute atomic E-state index is 0.0391. The molecule has 0 aliphatic carbocycles. The van der Waals surface area contributed by atoms with Crippen molar-refractivity contribution >= 4 is 21.8 Å². The molecule has 2 rings (SSSR count). The summed E-state index contributed by atoms with van der Waals surface area (Å²) in [7, 11) is 0. The summed E-state index contributed by atoms with van der Waals surface area (Å²) in [6, 6.07) is 0. The Labute approximate surface area is 96.7 Å². The monoisotopic (exact) mass is 272 g/mol. The molecule has 4 nitrogen and oxygen atoms in total. The van der Waals surface area contributed by atoms with Crippen molar-refractivity contribution < 1.29 is 9.32 Å². The molecule has 1 aliphatic heterocycles. The molecule has 0 saturated carbocycles. The molecule has 0 bridgehead atoms. The third kappa shape index (κ3) is 2.07. The van der Waals surface area contributed by atoms with Gasteiger partial charge in [0.25, 0.3) is 5.91 Å². The van der Waals surface area contributed by atoms with Crippen LogP contribution in [0.4, 0.5) is 0 Å². The second-order valence-electron chi connectivity index (χ2n) is 3.86. The number of aryl methyl sites for hydroxylation is 1. The van der Waals surface area contributed by atoms with E-state index in [9.17, 15) is 4.79 Å². The lowest BCUT2D eigenvalue weighted by molar-refractivity contribution is 0.0786. The predicted octanol–water partition coefficient (Wildman–Crippen LogP) is 1.84. The van der Waals surface area contributed by atoms with Crippen LogP contribution in [0.3, 0.4) is 0 Å². The number of carbonyl (C=O) groups is 1. The van der Waals surface area contributed by atoms with Gasteiger partial charge in [-0.2, -0.15) is 0 Å². The Bertz CT molecular complexity index is 364. The van der Waals surface area contributed by atoms with Crippen LogP contribution in [0.5, 0.6) is 0 Å². The lowest BCUT2D eigenvalue weighted by Crippen LogP contribution is -2.29. The van der Waals surface area contributed by atoms with E-state index in [0.717, 1.165) is 24.8 Å². The number of alkyl halides is 1. The van der Waals surface area contributed by atoms with Gasteiger partial charge in [0.2, 0.25) is 0 Å². The molecule has 15 heavy (non-hydrogen) atoms. The zero-order chi connectivity index (χ0) is 10.8. The van der Waals surface area contributed by atoms with E-state index in [1.54, 1.807) is 6.92 Å². The van der Waals surface area contributed by atoms with E-state index < -0.39 is 0 Å². The standard InChI is InChI=1S/C10H13BrN2O2/c1-7-9(5-12-15-7)10(14)13-3-2-8(4-11)6-13/h5,8H,2-4,6H2,1H3. The molecule has 1 aromatic rings. The topological polar surface area (TPSA) is 46.3 Å². The van der Waals surface area contributed by atoms with Crippen LogP contribution < -0.4 is 0 Å². The zero-order valence-electron chi connectivity index (χ0n) is 8.57. The molecule has 1 aliphatic rings. The van der Waals surface area contributed by atoms with Gasteiger partial charge in [-0.15, -0.1) is 0 Å². The van der Waals surface area contributed by atoms with Crippen molar-refractivity contribution in [2.75, 3.05) is 18.4 Å². The zero-order valence-corrected chi connectivity index (χ0v) is 10.2. The number of nitrogens with zero attached hydrogens (tertiary/aromatic N) is 2. The lowest BCUT2D eigenvalue weighted by Gasteiger charge is -2.14. The van der Waals surface area contributed by atoms with Gasteiger partial charge in [-0.3, -0.25) is 4.79 Å². The van der Waals surface area contributed by atoms with E-state index in [1.165, 1.54) is 6.20 Å². The molecular weight excluding hydrogens is 260 g/mol. The fraction of sp³-hybridized carbons (Fsp3) is 0.600. The van der Waals surface area contributed by atoms with Crippen LogP contribution in [0.1, 0.15) is 22.5 Å². The quantitative estimate of drug-likeness (QED) is 0.772. The summed E-state index contributed by atoms with van der Waals surface area (Å²) in [5, 5.41) is 4.58. The summed E-state index contributed by atoms with van der Waals surface area (Å²) in [4.78, 5) is 13.9. The SMILES string of the molecule is Cc1oncc1C(=O)N1CCC(CBr)C1. The number of likely N-dealkylation sites (tertiary alicyclic amines) is 1. The van der Waals surface area contributed by atoms with Gasteiger partial charge >= 0.3 is 0 Å². The largest absolute Gasteiger partial charge is 0.361 e. The number of rotatable bonds is 2. The summed E-state index contributed by atoms with van der Waals surface area (Å²) < 4.78 is 4.89. The van der Waals surface area contributed by atoms with E-state index >= 15 is 0 Å². The van der Waals surface area contributed by atoms with Gasteiger partial charge in [0.15, 0.2) is 0 Å². The van der Waals surface area contributed by atoms with Gasteiger partial charge < -0.3 is 9.42 Å². The molecule has 1 saturated heterocycles. The van der Waals surface area contributed by atoms with Gasteiger partial charge in [0.1, 0.15) is 11.3 Å². The number of hydrogen-bond acceptors (Lipinski definition) is 3. The summed E-state index contributed by atoms with van der Waals surface area (Å²) in [5.74, 6) is 1.22. The maximum Gasteiger partial charge on any atom is 0.259 e. The minimum Gasteiger partial charge on any atom is -0.361 e. The van der Waals surface area contributed by atoms with Crippen molar-refractivity contribution in [3.63, 3.8) is 0 Å². The maximum atomic E-state index is 12.0. The first-order valence-corrected chi connectivity index (χ1v) is 6.11. The molecule has 0 N–H and O–H groups in total. The van der Waals surface area contributed by atoms with Crippen LogP contribution in [-0.2, 0) is 0 Å². The summed E-state index contributed by atoms with van der Waals surface area (Å²) in [6.07, 6.45) is 2.57. The van der Waals surface area contributed by atoms with Crippen molar-refractivity contribution in [3.05, 3.63) is 17.5 Å². The van der Waals surface area contributed by atoms with Crippen LogP contribution in [0.2, 0.25) is 0 Å². The minimum atomic E-state index is 0.0391. The second kappa shape index (κ2) is 4.35. The third-order valence-electron chi connectivity index (χ3n) is 2.77. The molecule has 5 heteroatoms. The highest BCUT2D eigenvalue weighted by Crippen LogP contribution is 2.21. The first-order chi connectivity index (χ1) is 7.22. The van der Waals surface area contributed by atoms with Gasteiger partial charge in [0.05, 0.1) is 6.20 Å². The van der Waals surface area contributed by atoms with Crippen LogP contribution in [0.25, 0.3) is 0 Å². The predicted molar refractivity (Wildman–Crippen MR) is 59.0 cm³/mol. The summed E-state index contributed by atoms with van der Waals surface area (Å²) in [6.45, 7) is 3.42. The van der Waals surface area contributed by atoms with Gasteiger partial charge in [-0.1, -0.05) is 21.1 Å². The van der Waals surface area contributed by atoms with Crippen LogP contribution in [0, 0.1) is 12.8 Å². The Hall–Kier alpha value is -0.840. The van der Waals surface area contributed by atoms with Crippen LogP contribution >= 0.6 is 15.9 Å². The molecule has 0 aromatic carbocycles. The highest BCUT2D eigenvalue weighted by Gasteiger charge is 2.27. The van der Waals surface area contributed by atoms with Crippen molar-refractivity contribution in [2.45, 2.75) is 13.3 Å². The molecule has 1 amide bonds. The van der Waals surface area contributed by atoms with E-state index in [0.29, 0.717) is 17.2 Å². The van der Waals surface area contributed by atoms with Crippen molar-refractivity contribution in [1.82, 2.24) is 10.1 Å². The molecule has 0 spiro atoms. The molecule has 1 fully saturated rings. The molecule has 2 heterocycles. The van der Waals surface area contributed by atoms with Gasteiger partial charge in [-0.05, 0) is 19.3 Å². The molecule has 1 aromatic heterocycles. The fourth-order valence-corrected chi connectivity index (χ4v) is 2.35. The van der Waals surface area contributed by atoms with Crippen molar-refractivity contribution in [1.29, 1.82) is 0 Å². The number of amides is 1. The van der Waals surface area contributed by atoms with E-state index in [-0.39, 0.29) is 5.91 Å². The van der Waals surface area contributed by atoms with Crippen LogP contribution in [0.15, 0.2) is 10.7 Å². The third-order valence-corrected chi connectivity index (χ3v) is 3.69. The highest BCUT2D eigenvalue weighted by atomic mass is 79.9. The fourth-order valence-electron chi connectivity index (χ4n) is 1.82. The Morgan fingerprint density at radius 2 is 2.60 bits per heavy atom. The average Bonchev–Trinajstić information content (AvgIpc) is 2.84. The summed E-state index contributed by atoms with van der Waals surface area (Å²) >= 11 is 3.45. The normalized spacial score (nSPS) is 20.9. The summed E-state index contributed by atoms with van der Waals surface area (Å²) in [5.41, 5.74) is 0.588. The van der Waals surface area contributed by atoms with Crippen molar-refractivity contribution in [3.8, 4) is 0 Å². The van der Waals surface area contributed by atoms with Crippen molar-refractivity contribution in [2.24, 2.45) is 5.92 Å². The molecular formula is C10H13BrN2O2. The number of carbonyl (C=O) groups excluding carboxylic acids is 1. The Morgan fingerprint density at radius 3 is 3.13 bits per heavy atom.